The third kappa shape index (κ3) is 3.84. The molecular weight excluding hydrogens is 669 g/mol. The van der Waals surface area contributed by atoms with Crippen LogP contribution < -0.4 is 0 Å². The minimum Gasteiger partial charge on any atom is -0.456 e. The van der Waals surface area contributed by atoms with Gasteiger partial charge in [-0.25, -0.2) is 0 Å². The second-order valence-electron chi connectivity index (χ2n) is 14.8. The molecule has 12 aromatic rings. The van der Waals surface area contributed by atoms with Crippen LogP contribution in [0.1, 0.15) is 0 Å². The van der Waals surface area contributed by atoms with E-state index < -0.39 is 0 Å². The van der Waals surface area contributed by atoms with Gasteiger partial charge in [0.05, 0.1) is 22.1 Å². The predicted octanol–water partition coefficient (Wildman–Crippen LogP) is 14.2. The molecular formula is C52H30N2O. The Labute approximate surface area is 315 Å². The van der Waals surface area contributed by atoms with E-state index in [9.17, 15) is 0 Å². The molecule has 0 saturated carbocycles. The van der Waals surface area contributed by atoms with Gasteiger partial charge >= 0.3 is 0 Å². The van der Waals surface area contributed by atoms with Crippen molar-refractivity contribution in [1.29, 1.82) is 0 Å². The molecule has 1 aliphatic rings. The lowest BCUT2D eigenvalue weighted by atomic mass is 10.0. The first-order valence-electron chi connectivity index (χ1n) is 18.9. The van der Waals surface area contributed by atoms with E-state index in [1.165, 1.54) is 87.8 Å². The molecule has 3 heteroatoms. The van der Waals surface area contributed by atoms with Crippen LogP contribution >= 0.6 is 0 Å². The number of hydrogen-bond donors (Lipinski definition) is 0. The van der Waals surface area contributed by atoms with Crippen molar-refractivity contribution in [3.8, 4) is 44.8 Å². The van der Waals surface area contributed by atoms with Crippen molar-refractivity contribution in [3.63, 3.8) is 0 Å². The van der Waals surface area contributed by atoms with Gasteiger partial charge in [-0.3, -0.25) is 0 Å². The fourth-order valence-electron chi connectivity index (χ4n) is 9.77. The molecule has 3 heterocycles. The van der Waals surface area contributed by atoms with Crippen LogP contribution in [0.25, 0.3) is 121 Å². The number of para-hydroxylation sites is 2. The maximum Gasteiger partial charge on any atom is 0.136 e. The van der Waals surface area contributed by atoms with E-state index in [0.29, 0.717) is 0 Å². The van der Waals surface area contributed by atoms with Gasteiger partial charge in [0.1, 0.15) is 11.2 Å². The van der Waals surface area contributed by atoms with Crippen LogP contribution in [0.5, 0.6) is 0 Å². The van der Waals surface area contributed by atoms with E-state index in [0.717, 1.165) is 33.3 Å². The second-order valence-corrected chi connectivity index (χ2v) is 14.8. The van der Waals surface area contributed by atoms with Crippen LogP contribution in [0.15, 0.2) is 186 Å². The molecule has 0 fully saturated rings. The number of nitrogens with zero attached hydrogens (tertiary/aromatic N) is 2. The third-order valence-corrected chi connectivity index (χ3v) is 12.0. The first kappa shape index (κ1) is 29.1. The van der Waals surface area contributed by atoms with E-state index >= 15 is 0 Å². The topological polar surface area (TPSA) is 23.0 Å². The number of benzene rings is 9. The lowest BCUT2D eigenvalue weighted by Gasteiger charge is -2.13. The fourth-order valence-corrected chi connectivity index (χ4v) is 9.77. The summed E-state index contributed by atoms with van der Waals surface area (Å²) < 4.78 is 11.5. The molecule has 254 valence electrons. The summed E-state index contributed by atoms with van der Waals surface area (Å²) in [6.07, 6.45) is 0. The minimum atomic E-state index is 0.907. The van der Waals surface area contributed by atoms with Gasteiger partial charge in [0, 0.05) is 43.7 Å². The Morgan fingerprint density at radius 1 is 0.327 bits per heavy atom. The first-order valence-corrected chi connectivity index (χ1v) is 18.9. The first-order chi connectivity index (χ1) is 27.3. The summed E-state index contributed by atoms with van der Waals surface area (Å²) in [7, 11) is 0. The number of furan rings is 1. The SMILES string of the molecule is c1ccc(-c2ccc(-n3c4ccccc4c4c3ccc3c5c6c(ccc5n(-c5cc7c8c(cccc8c5)-c5ccccc5-7)c34)oc3ccccc36)cc2)cc1. The zero-order chi connectivity index (χ0) is 35.8. The summed E-state index contributed by atoms with van der Waals surface area (Å²) in [5.74, 6) is 0. The molecule has 0 saturated heterocycles. The summed E-state index contributed by atoms with van der Waals surface area (Å²) in [6, 6.07) is 66.4. The van der Waals surface area contributed by atoms with E-state index in [1.807, 2.05) is 0 Å². The largest absolute Gasteiger partial charge is 0.456 e. The molecule has 3 aromatic heterocycles. The lowest BCUT2D eigenvalue weighted by molar-refractivity contribution is 0.669. The summed E-state index contributed by atoms with van der Waals surface area (Å²) in [6.45, 7) is 0. The van der Waals surface area contributed by atoms with E-state index in [1.54, 1.807) is 0 Å². The standard InChI is InChI=1S/C52H30N2O/c1-2-11-31(12-3-1)32-21-23-34(24-22-32)53-43-19-8-6-16-39(43)50-45(53)26-25-41-49-44(27-28-47-51(49)40-17-7-9-20-46(40)55-47)54(52(41)50)35-29-33-13-10-18-38-36-14-4-5-15-37(36)42(30-35)48(33)38/h1-30H. The average Bonchev–Trinajstić information content (AvgIpc) is 3.98. The van der Waals surface area contributed by atoms with E-state index in [4.69, 9.17) is 4.42 Å². The van der Waals surface area contributed by atoms with Crippen molar-refractivity contribution in [2.45, 2.75) is 0 Å². The predicted molar refractivity (Wildman–Crippen MR) is 230 cm³/mol. The van der Waals surface area contributed by atoms with Crippen molar-refractivity contribution in [2.24, 2.45) is 0 Å². The number of aromatic nitrogens is 2. The molecule has 3 nitrogen and oxygen atoms in total. The van der Waals surface area contributed by atoms with E-state index in [-0.39, 0.29) is 0 Å². The Morgan fingerprint density at radius 3 is 1.89 bits per heavy atom. The molecule has 13 rings (SSSR count). The molecule has 1 aliphatic carbocycles. The van der Waals surface area contributed by atoms with Crippen molar-refractivity contribution in [2.75, 3.05) is 0 Å². The highest BCUT2D eigenvalue weighted by atomic mass is 16.3. The summed E-state index contributed by atoms with van der Waals surface area (Å²) in [5.41, 5.74) is 16.5. The number of rotatable bonds is 3. The maximum atomic E-state index is 6.51. The van der Waals surface area contributed by atoms with Gasteiger partial charge in [0.2, 0.25) is 0 Å². The van der Waals surface area contributed by atoms with Crippen LogP contribution in [0.2, 0.25) is 0 Å². The molecule has 0 N–H and O–H groups in total. The van der Waals surface area contributed by atoms with E-state index in [2.05, 4.69) is 191 Å². The third-order valence-electron chi connectivity index (χ3n) is 12.0. The Balaban J connectivity index is 1.19. The Hall–Kier alpha value is -7.36. The van der Waals surface area contributed by atoms with Gasteiger partial charge in [0.25, 0.3) is 0 Å². The number of hydrogen-bond acceptors (Lipinski definition) is 1. The lowest BCUT2D eigenvalue weighted by Crippen LogP contribution is -1.96. The van der Waals surface area contributed by atoms with Crippen LogP contribution in [0.4, 0.5) is 0 Å². The van der Waals surface area contributed by atoms with Crippen molar-refractivity contribution in [3.05, 3.63) is 182 Å². The highest BCUT2D eigenvalue weighted by Gasteiger charge is 2.26. The molecule has 55 heavy (non-hydrogen) atoms. The molecule has 0 bridgehead atoms. The molecule has 0 aliphatic heterocycles. The van der Waals surface area contributed by atoms with Crippen LogP contribution in [-0.2, 0) is 0 Å². The minimum absolute atomic E-state index is 0.907. The smallest absolute Gasteiger partial charge is 0.136 e. The van der Waals surface area contributed by atoms with Crippen molar-refractivity contribution in [1.82, 2.24) is 9.13 Å². The molecule has 9 aromatic carbocycles. The van der Waals surface area contributed by atoms with Crippen LogP contribution in [-0.4, -0.2) is 9.13 Å². The quantitative estimate of drug-likeness (QED) is 0.180. The summed E-state index contributed by atoms with van der Waals surface area (Å²) in [4.78, 5) is 0. The zero-order valence-electron chi connectivity index (χ0n) is 29.6. The Morgan fingerprint density at radius 2 is 1.02 bits per heavy atom. The normalized spacial score (nSPS) is 12.4. The second kappa shape index (κ2) is 10.6. The van der Waals surface area contributed by atoms with Crippen LogP contribution in [0, 0.1) is 0 Å². The zero-order valence-corrected chi connectivity index (χ0v) is 29.6. The summed E-state index contributed by atoms with van der Waals surface area (Å²) in [5, 5.41) is 9.78. The van der Waals surface area contributed by atoms with Gasteiger partial charge in [0.15, 0.2) is 0 Å². The monoisotopic (exact) mass is 698 g/mol. The maximum absolute atomic E-state index is 6.51. The highest BCUT2D eigenvalue weighted by Crippen LogP contribution is 2.50. The molecule has 0 atom stereocenters. The van der Waals surface area contributed by atoms with Gasteiger partial charge < -0.3 is 13.6 Å². The Bertz CT molecular complexity index is 3580. The fraction of sp³-hybridized carbons (Fsp3) is 0. The van der Waals surface area contributed by atoms with Gasteiger partial charge in [-0.2, -0.15) is 0 Å². The average molecular weight is 699 g/mol. The Kier molecular flexibility index (Phi) is 5.63. The van der Waals surface area contributed by atoms with Crippen molar-refractivity contribution < 1.29 is 4.42 Å². The van der Waals surface area contributed by atoms with Gasteiger partial charge in [-0.05, 0) is 98.8 Å². The van der Waals surface area contributed by atoms with Gasteiger partial charge in [-0.15, -0.1) is 0 Å². The molecule has 0 spiro atoms. The molecule has 0 unspecified atom stereocenters. The summed E-state index contributed by atoms with van der Waals surface area (Å²) >= 11 is 0. The molecule has 0 amide bonds. The van der Waals surface area contributed by atoms with Crippen molar-refractivity contribution >= 4 is 76.3 Å². The van der Waals surface area contributed by atoms with Gasteiger partial charge in [-0.1, -0.05) is 127 Å². The molecule has 0 radical (unpaired) electrons. The van der Waals surface area contributed by atoms with Crippen LogP contribution in [0.3, 0.4) is 0 Å². The highest BCUT2D eigenvalue weighted by molar-refractivity contribution is 6.33. The number of fused-ring (bicyclic) bond motifs is 14.